The largest absolute Gasteiger partial charge is 0.302 e. The van der Waals surface area contributed by atoms with E-state index in [1.807, 2.05) is 6.92 Å². The van der Waals surface area contributed by atoms with E-state index in [9.17, 15) is 22.0 Å². The Balaban J connectivity index is 1.58. The lowest BCUT2D eigenvalue weighted by Crippen LogP contribution is -2.14. The molecule has 0 radical (unpaired) electrons. The summed E-state index contributed by atoms with van der Waals surface area (Å²) < 4.78 is 51.6. The van der Waals surface area contributed by atoms with Gasteiger partial charge in [0.1, 0.15) is 11.3 Å². The fraction of sp³-hybridized carbons (Fsp3) is 0.222. The number of carbonyl (C=O) groups is 1. The number of hydrogen-bond donors (Lipinski definition) is 1. The van der Waals surface area contributed by atoms with E-state index in [-0.39, 0.29) is 38.8 Å². The predicted molar refractivity (Wildman–Crippen MR) is 101 cm³/mol. The van der Waals surface area contributed by atoms with Crippen LogP contribution in [0.4, 0.5) is 13.9 Å². The van der Waals surface area contributed by atoms with Gasteiger partial charge in [-0.25, -0.2) is 22.2 Å². The summed E-state index contributed by atoms with van der Waals surface area (Å²) in [5, 5.41) is 2.64. The molecule has 0 aliphatic rings. The Kier molecular flexibility index (Phi) is 5.52. The maximum absolute atomic E-state index is 13.6. The van der Waals surface area contributed by atoms with E-state index in [1.54, 1.807) is 24.3 Å². The van der Waals surface area contributed by atoms with Crippen LogP contribution in [0.5, 0.6) is 0 Å². The summed E-state index contributed by atoms with van der Waals surface area (Å²) in [7, 11) is -3.46. The third kappa shape index (κ3) is 4.67. The lowest BCUT2D eigenvalue weighted by Gasteiger charge is -2.05. The molecule has 0 saturated heterocycles. The molecule has 0 aliphatic carbocycles. The van der Waals surface area contributed by atoms with Crippen molar-refractivity contribution in [3.05, 3.63) is 53.6 Å². The number of halogens is 2. The van der Waals surface area contributed by atoms with Gasteiger partial charge in [-0.1, -0.05) is 29.0 Å². The van der Waals surface area contributed by atoms with E-state index in [2.05, 4.69) is 10.3 Å². The number of aromatic nitrogens is 1. The van der Waals surface area contributed by atoms with Crippen LogP contribution in [0.2, 0.25) is 0 Å². The van der Waals surface area contributed by atoms with Gasteiger partial charge in [0, 0.05) is 12.5 Å². The average molecular weight is 410 g/mol. The highest BCUT2D eigenvalue weighted by atomic mass is 32.2. The highest BCUT2D eigenvalue weighted by Gasteiger charge is 2.16. The first-order valence-electron chi connectivity index (χ1n) is 8.09. The number of benzene rings is 2. The number of carbonyl (C=O) groups excluding carboxylic acids is 1. The van der Waals surface area contributed by atoms with Gasteiger partial charge in [0.15, 0.2) is 20.8 Å². The number of nitrogens with one attached hydrogen (secondary N) is 1. The van der Waals surface area contributed by atoms with E-state index < -0.39 is 27.4 Å². The molecule has 2 aromatic carbocycles. The molecule has 0 saturated carbocycles. The molecule has 1 aromatic heterocycles. The van der Waals surface area contributed by atoms with Gasteiger partial charge >= 0.3 is 0 Å². The van der Waals surface area contributed by atoms with Gasteiger partial charge in [-0.3, -0.25) is 4.79 Å². The number of fused-ring (bicyclic) bond motifs is 1. The van der Waals surface area contributed by atoms with Crippen molar-refractivity contribution in [2.75, 3.05) is 11.1 Å². The second-order valence-electron chi connectivity index (χ2n) is 6.04. The molecule has 9 heteroatoms. The molecule has 0 aliphatic heterocycles. The van der Waals surface area contributed by atoms with Gasteiger partial charge in [0.2, 0.25) is 5.91 Å². The zero-order chi connectivity index (χ0) is 19.6. The second kappa shape index (κ2) is 7.69. The molecule has 0 atom stereocenters. The summed E-state index contributed by atoms with van der Waals surface area (Å²) in [6, 6.07) is 8.38. The van der Waals surface area contributed by atoms with Gasteiger partial charge in [-0.05, 0) is 31.5 Å². The van der Waals surface area contributed by atoms with Gasteiger partial charge in [-0.2, -0.15) is 0 Å². The van der Waals surface area contributed by atoms with Gasteiger partial charge in [0.25, 0.3) is 0 Å². The number of thiazole rings is 1. The number of nitrogens with zero attached hydrogens (tertiary/aromatic N) is 1. The average Bonchev–Trinajstić information content (AvgIpc) is 2.97. The Morgan fingerprint density at radius 2 is 1.89 bits per heavy atom. The predicted octanol–water partition coefficient (Wildman–Crippen LogP) is 4.08. The Hall–Kier alpha value is -2.39. The molecule has 1 amide bonds. The molecule has 1 N–H and O–H groups in total. The maximum Gasteiger partial charge on any atom is 0.226 e. The van der Waals surface area contributed by atoms with Crippen LogP contribution in [0.25, 0.3) is 10.2 Å². The monoisotopic (exact) mass is 410 g/mol. The van der Waals surface area contributed by atoms with Crippen molar-refractivity contribution in [1.29, 1.82) is 0 Å². The van der Waals surface area contributed by atoms with E-state index in [1.165, 1.54) is 0 Å². The quantitative estimate of drug-likeness (QED) is 0.665. The molecule has 142 valence electrons. The third-order valence-electron chi connectivity index (χ3n) is 3.86. The number of sulfone groups is 1. The Morgan fingerprint density at radius 1 is 1.19 bits per heavy atom. The first-order chi connectivity index (χ1) is 12.7. The molecule has 0 unspecified atom stereocenters. The second-order valence-corrected chi connectivity index (χ2v) is 9.18. The Bertz CT molecular complexity index is 1090. The molecule has 3 rings (SSSR count). The minimum Gasteiger partial charge on any atom is -0.302 e. The first kappa shape index (κ1) is 19.4. The Labute approximate surface area is 159 Å². The lowest BCUT2D eigenvalue weighted by atomic mass is 10.2. The lowest BCUT2D eigenvalue weighted by molar-refractivity contribution is -0.116. The summed E-state index contributed by atoms with van der Waals surface area (Å²) in [5.74, 6) is -2.12. The third-order valence-corrected chi connectivity index (χ3v) is 6.59. The van der Waals surface area contributed by atoms with E-state index >= 15 is 0 Å². The van der Waals surface area contributed by atoms with Crippen LogP contribution in [0.15, 0.2) is 41.3 Å². The minimum atomic E-state index is -3.46. The summed E-state index contributed by atoms with van der Waals surface area (Å²) in [6.07, 6.45) is 0.105. The molecule has 27 heavy (non-hydrogen) atoms. The van der Waals surface area contributed by atoms with Crippen LogP contribution in [0, 0.1) is 18.6 Å². The number of rotatable bonds is 6. The summed E-state index contributed by atoms with van der Waals surface area (Å²) in [5.41, 5.74) is 0.944. The van der Waals surface area contributed by atoms with Crippen molar-refractivity contribution in [3.8, 4) is 0 Å². The highest BCUT2D eigenvalue weighted by molar-refractivity contribution is 7.91. The van der Waals surface area contributed by atoms with Crippen LogP contribution >= 0.6 is 11.3 Å². The summed E-state index contributed by atoms with van der Waals surface area (Å²) >= 11 is 0.950. The molecule has 1 heterocycles. The van der Waals surface area contributed by atoms with E-state index in [4.69, 9.17) is 0 Å². The van der Waals surface area contributed by atoms with Crippen LogP contribution in [-0.4, -0.2) is 25.1 Å². The standard InChI is InChI=1S/C18H16F2N2O3S2/c1-11-4-6-13(7-5-11)27(24,25)8-2-3-16(23)21-18-22-17-14(20)9-12(19)10-15(17)26-18/h4-7,9-10H,2-3,8H2,1H3,(H,21,22,23). The van der Waals surface area contributed by atoms with Crippen molar-refractivity contribution < 1.29 is 22.0 Å². The Morgan fingerprint density at radius 3 is 2.59 bits per heavy atom. The smallest absolute Gasteiger partial charge is 0.226 e. The normalized spacial score (nSPS) is 11.7. The van der Waals surface area contributed by atoms with Crippen molar-refractivity contribution in [3.63, 3.8) is 0 Å². The van der Waals surface area contributed by atoms with Crippen LogP contribution in [-0.2, 0) is 14.6 Å². The topological polar surface area (TPSA) is 76.1 Å². The molecule has 0 bridgehead atoms. The molecular formula is C18H16F2N2O3S2. The summed E-state index contributed by atoms with van der Waals surface area (Å²) in [4.78, 5) is 16.2. The molecule has 5 nitrogen and oxygen atoms in total. The number of anilines is 1. The van der Waals surface area contributed by atoms with Gasteiger partial charge < -0.3 is 5.32 Å². The van der Waals surface area contributed by atoms with Crippen LogP contribution in [0.1, 0.15) is 18.4 Å². The number of amides is 1. The van der Waals surface area contributed by atoms with Crippen LogP contribution < -0.4 is 5.32 Å². The summed E-state index contributed by atoms with van der Waals surface area (Å²) in [6.45, 7) is 1.86. The van der Waals surface area contributed by atoms with Gasteiger partial charge in [0.05, 0.1) is 15.3 Å². The van der Waals surface area contributed by atoms with E-state index in [0.29, 0.717) is 0 Å². The number of hydrogen-bond acceptors (Lipinski definition) is 5. The van der Waals surface area contributed by atoms with Crippen LogP contribution in [0.3, 0.4) is 0 Å². The molecule has 3 aromatic rings. The zero-order valence-corrected chi connectivity index (χ0v) is 16.0. The number of aryl methyl sites for hydroxylation is 1. The van der Waals surface area contributed by atoms with E-state index in [0.717, 1.165) is 29.0 Å². The SMILES string of the molecule is Cc1ccc(S(=O)(=O)CCCC(=O)Nc2nc3c(F)cc(F)cc3s2)cc1. The van der Waals surface area contributed by atoms with Crippen molar-refractivity contribution in [1.82, 2.24) is 4.98 Å². The molecule has 0 spiro atoms. The maximum atomic E-state index is 13.6. The van der Waals surface area contributed by atoms with Crippen molar-refractivity contribution >= 4 is 42.4 Å². The van der Waals surface area contributed by atoms with Crippen molar-refractivity contribution in [2.45, 2.75) is 24.7 Å². The molecule has 0 fully saturated rings. The highest BCUT2D eigenvalue weighted by Crippen LogP contribution is 2.28. The van der Waals surface area contributed by atoms with Crippen molar-refractivity contribution in [2.24, 2.45) is 0 Å². The fourth-order valence-electron chi connectivity index (χ4n) is 2.48. The zero-order valence-electron chi connectivity index (χ0n) is 14.3. The molecular weight excluding hydrogens is 394 g/mol. The fourth-order valence-corrected chi connectivity index (χ4v) is 4.71. The minimum absolute atomic E-state index is 0.0151. The first-order valence-corrected chi connectivity index (χ1v) is 10.6. The van der Waals surface area contributed by atoms with Gasteiger partial charge in [-0.15, -0.1) is 0 Å².